The zero-order chi connectivity index (χ0) is 13.0. The summed E-state index contributed by atoms with van der Waals surface area (Å²) in [6.45, 7) is 0. The number of carboxylic acid groups (broad SMARTS) is 1. The number of nitrogens with one attached hydrogen (secondary N) is 1. The van der Waals surface area contributed by atoms with Gasteiger partial charge in [0.25, 0.3) is 0 Å². The Hall–Kier alpha value is -1.23. The van der Waals surface area contributed by atoms with Crippen LogP contribution in [0.5, 0.6) is 0 Å². The van der Waals surface area contributed by atoms with Gasteiger partial charge in [0.05, 0.1) is 20.8 Å². The molecule has 0 aromatic heterocycles. The molecule has 0 atom stereocenters. The van der Waals surface area contributed by atoms with E-state index in [1.807, 2.05) is 0 Å². The van der Waals surface area contributed by atoms with E-state index in [1.165, 1.54) is 12.1 Å². The molecule has 0 saturated carbocycles. The van der Waals surface area contributed by atoms with Crippen molar-refractivity contribution >= 4 is 52.4 Å². The Kier molecular flexibility index (Phi) is 4.81. The van der Waals surface area contributed by atoms with Crippen molar-refractivity contribution in [2.24, 2.45) is 0 Å². The lowest BCUT2D eigenvalue weighted by Gasteiger charge is -2.06. The molecule has 90 valence electrons. The molecule has 0 saturated heterocycles. The first-order chi connectivity index (χ1) is 7.90. The average molecular weight is 295 g/mol. The average Bonchev–Trinajstić information content (AvgIpc) is 2.23. The van der Waals surface area contributed by atoms with Crippen LogP contribution < -0.4 is 5.32 Å². The highest BCUT2D eigenvalue weighted by molar-refractivity contribution is 6.44. The van der Waals surface area contributed by atoms with Gasteiger partial charge >= 0.3 is 5.97 Å². The molecule has 1 aromatic rings. The van der Waals surface area contributed by atoms with Crippen molar-refractivity contribution in [2.75, 3.05) is 5.32 Å². The van der Waals surface area contributed by atoms with Crippen molar-refractivity contribution in [3.63, 3.8) is 0 Å². The number of aliphatic carboxylic acids is 1. The zero-order valence-corrected chi connectivity index (χ0v) is 10.5. The minimum Gasteiger partial charge on any atom is -0.478 e. The van der Waals surface area contributed by atoms with Gasteiger partial charge in [-0.2, -0.15) is 0 Å². The van der Waals surface area contributed by atoms with Crippen LogP contribution in [0, 0.1) is 0 Å². The van der Waals surface area contributed by atoms with Gasteiger partial charge in [0, 0.05) is 12.2 Å². The number of amides is 1. The molecular formula is C10H6Cl3NO3. The molecule has 0 heterocycles. The third-order valence-electron chi connectivity index (χ3n) is 1.65. The van der Waals surface area contributed by atoms with Gasteiger partial charge in [-0.05, 0) is 12.1 Å². The lowest BCUT2D eigenvalue weighted by Crippen LogP contribution is -2.09. The molecule has 0 aliphatic heterocycles. The van der Waals surface area contributed by atoms with E-state index in [9.17, 15) is 9.59 Å². The fourth-order valence-corrected chi connectivity index (χ4v) is 1.53. The maximum atomic E-state index is 11.3. The molecule has 1 amide bonds. The summed E-state index contributed by atoms with van der Waals surface area (Å²) in [6, 6.07) is 2.75. The number of carboxylic acids is 1. The predicted octanol–water partition coefficient (Wildman–Crippen LogP) is 3.23. The monoisotopic (exact) mass is 293 g/mol. The maximum Gasteiger partial charge on any atom is 0.328 e. The van der Waals surface area contributed by atoms with E-state index in [4.69, 9.17) is 39.9 Å². The van der Waals surface area contributed by atoms with Gasteiger partial charge in [-0.3, -0.25) is 4.79 Å². The van der Waals surface area contributed by atoms with Crippen molar-refractivity contribution < 1.29 is 14.7 Å². The first-order valence-electron chi connectivity index (χ1n) is 4.26. The molecule has 4 nitrogen and oxygen atoms in total. The van der Waals surface area contributed by atoms with E-state index in [0.29, 0.717) is 6.08 Å². The molecule has 0 fully saturated rings. The Morgan fingerprint density at radius 3 is 2.24 bits per heavy atom. The van der Waals surface area contributed by atoms with E-state index in [-0.39, 0.29) is 20.8 Å². The molecule has 0 radical (unpaired) electrons. The van der Waals surface area contributed by atoms with E-state index in [1.54, 1.807) is 0 Å². The highest BCUT2D eigenvalue weighted by Crippen LogP contribution is 2.32. The van der Waals surface area contributed by atoms with Gasteiger partial charge < -0.3 is 10.4 Å². The van der Waals surface area contributed by atoms with Crippen LogP contribution >= 0.6 is 34.8 Å². The van der Waals surface area contributed by atoms with Crippen molar-refractivity contribution in [1.82, 2.24) is 0 Å². The fraction of sp³-hybridized carbons (Fsp3) is 0. The minimum atomic E-state index is -1.22. The first-order valence-corrected chi connectivity index (χ1v) is 5.40. The molecule has 17 heavy (non-hydrogen) atoms. The number of hydrogen-bond acceptors (Lipinski definition) is 2. The van der Waals surface area contributed by atoms with E-state index >= 15 is 0 Å². The van der Waals surface area contributed by atoms with Crippen LogP contribution in [0.2, 0.25) is 15.1 Å². The van der Waals surface area contributed by atoms with Crippen molar-refractivity contribution in [3.8, 4) is 0 Å². The summed E-state index contributed by atoms with van der Waals surface area (Å²) in [6.07, 6.45) is 1.57. The van der Waals surface area contributed by atoms with Crippen LogP contribution in [0.3, 0.4) is 0 Å². The summed E-state index contributed by atoms with van der Waals surface area (Å²) in [4.78, 5) is 21.5. The van der Waals surface area contributed by atoms with Crippen LogP contribution in [0.25, 0.3) is 0 Å². The molecule has 7 heteroatoms. The number of hydrogen-bond donors (Lipinski definition) is 2. The highest BCUT2D eigenvalue weighted by Gasteiger charge is 2.07. The van der Waals surface area contributed by atoms with Crippen molar-refractivity contribution in [1.29, 1.82) is 0 Å². The summed E-state index contributed by atoms with van der Waals surface area (Å²) in [5.74, 6) is -1.85. The predicted molar refractivity (Wildman–Crippen MR) is 66.9 cm³/mol. The molecule has 1 aromatic carbocycles. The van der Waals surface area contributed by atoms with Crippen molar-refractivity contribution in [3.05, 3.63) is 39.4 Å². The summed E-state index contributed by atoms with van der Waals surface area (Å²) in [7, 11) is 0. The number of carbonyl (C=O) groups excluding carboxylic acids is 1. The first kappa shape index (κ1) is 13.8. The second kappa shape index (κ2) is 5.91. The highest BCUT2D eigenvalue weighted by atomic mass is 35.5. The van der Waals surface area contributed by atoms with Crippen molar-refractivity contribution in [2.45, 2.75) is 0 Å². The number of anilines is 1. The van der Waals surface area contributed by atoms with Gasteiger partial charge in [0.1, 0.15) is 0 Å². The molecule has 0 bridgehead atoms. The van der Waals surface area contributed by atoms with Gasteiger partial charge in [0.15, 0.2) is 0 Å². The Morgan fingerprint density at radius 1 is 1.06 bits per heavy atom. The van der Waals surface area contributed by atoms with E-state index < -0.39 is 11.9 Å². The standard InChI is InChI=1S/C10H6Cl3NO3/c11-5-3-7(13)8(4-6(5)12)14-9(15)1-2-10(16)17/h1-4H,(H,14,15)(H,16,17)/b2-1-. The largest absolute Gasteiger partial charge is 0.478 e. The van der Waals surface area contributed by atoms with Crippen LogP contribution in [0.4, 0.5) is 5.69 Å². The third kappa shape index (κ3) is 4.26. The molecular weight excluding hydrogens is 288 g/mol. The Labute approximate surface area is 112 Å². The van der Waals surface area contributed by atoms with Gasteiger partial charge in [-0.1, -0.05) is 34.8 Å². The lowest BCUT2D eigenvalue weighted by atomic mass is 10.3. The molecule has 0 unspecified atom stereocenters. The van der Waals surface area contributed by atoms with E-state index in [0.717, 1.165) is 6.08 Å². The molecule has 0 aliphatic carbocycles. The topological polar surface area (TPSA) is 66.4 Å². The van der Waals surface area contributed by atoms with E-state index in [2.05, 4.69) is 5.32 Å². The van der Waals surface area contributed by atoms with Gasteiger partial charge in [0.2, 0.25) is 5.91 Å². The second-order valence-electron chi connectivity index (χ2n) is 2.91. The van der Waals surface area contributed by atoms with Crippen LogP contribution in [0.15, 0.2) is 24.3 Å². The zero-order valence-electron chi connectivity index (χ0n) is 8.21. The van der Waals surface area contributed by atoms with Crippen LogP contribution in [-0.4, -0.2) is 17.0 Å². The summed E-state index contributed by atoms with van der Waals surface area (Å²) < 4.78 is 0. The normalized spacial score (nSPS) is 10.5. The van der Waals surface area contributed by atoms with Crippen LogP contribution in [-0.2, 0) is 9.59 Å². The fourth-order valence-electron chi connectivity index (χ4n) is 0.940. The molecule has 0 spiro atoms. The number of rotatable bonds is 3. The molecule has 0 aliphatic rings. The smallest absolute Gasteiger partial charge is 0.328 e. The molecule has 1 rings (SSSR count). The molecule has 2 N–H and O–H groups in total. The number of benzene rings is 1. The maximum absolute atomic E-state index is 11.3. The summed E-state index contributed by atoms with van der Waals surface area (Å²) in [5.41, 5.74) is 0.251. The van der Waals surface area contributed by atoms with Gasteiger partial charge in [-0.25, -0.2) is 4.79 Å². The quantitative estimate of drug-likeness (QED) is 0.664. The lowest BCUT2D eigenvalue weighted by molar-refractivity contribution is -0.131. The number of carbonyl (C=O) groups is 2. The van der Waals surface area contributed by atoms with Crippen LogP contribution in [0.1, 0.15) is 0 Å². The minimum absolute atomic E-state index is 0.205. The van der Waals surface area contributed by atoms with Gasteiger partial charge in [-0.15, -0.1) is 0 Å². The summed E-state index contributed by atoms with van der Waals surface area (Å²) in [5, 5.41) is 11.4. The SMILES string of the molecule is O=C(O)/C=C\C(=O)Nc1cc(Cl)c(Cl)cc1Cl. The Morgan fingerprint density at radius 2 is 1.65 bits per heavy atom. The number of halogens is 3. The summed E-state index contributed by atoms with van der Waals surface area (Å²) >= 11 is 17.3. The Balaban J connectivity index is 2.85. The Bertz CT molecular complexity index is 500. The third-order valence-corrected chi connectivity index (χ3v) is 2.68. The second-order valence-corrected chi connectivity index (χ2v) is 4.13.